The first-order chi connectivity index (χ1) is 13.2. The Morgan fingerprint density at radius 3 is 2.86 bits per heavy atom. The topological polar surface area (TPSA) is 36.7 Å². The Balaban J connectivity index is 0.00000171. The summed E-state index contributed by atoms with van der Waals surface area (Å²) in [4.78, 5) is 14.4. The van der Waals surface area contributed by atoms with Gasteiger partial charge in [-0.1, -0.05) is 29.1 Å². The monoisotopic (exact) mass is 561 g/mol. The summed E-state index contributed by atoms with van der Waals surface area (Å²) in [5, 5.41) is 0. The zero-order chi connectivity index (χ0) is 18.1. The molecule has 139 valence electrons. The predicted octanol–water partition coefficient (Wildman–Crippen LogP) is 4.95. The fourth-order valence-electron chi connectivity index (χ4n) is 3.73. The third-order valence-electron chi connectivity index (χ3n) is 5.07. The minimum absolute atomic E-state index is 0. The van der Waals surface area contributed by atoms with E-state index in [0.29, 0.717) is 0 Å². The van der Waals surface area contributed by atoms with Gasteiger partial charge in [-0.25, -0.2) is 9.97 Å². The van der Waals surface area contributed by atoms with E-state index < -0.39 is 0 Å². The molecule has 2 aromatic carbocycles. The number of hydrogen-bond donors (Lipinski definition) is 0. The van der Waals surface area contributed by atoms with Crippen LogP contribution in [0, 0.1) is 6.07 Å². The van der Waals surface area contributed by atoms with E-state index in [1.807, 2.05) is 43.6 Å². The molecule has 6 rings (SSSR count). The van der Waals surface area contributed by atoms with Crippen LogP contribution in [0.15, 0.2) is 67.1 Å². The first-order valence-corrected chi connectivity index (χ1v) is 9.43. The molecule has 0 N–H and O–H groups in total. The summed E-state index contributed by atoms with van der Waals surface area (Å²) in [6.07, 6.45) is 1.81. The van der Waals surface area contributed by atoms with Crippen molar-refractivity contribution in [3.63, 3.8) is 0 Å². The third kappa shape index (κ3) is 2.21. The molecule has 0 fully saturated rings. The Morgan fingerprint density at radius 1 is 1.11 bits per heavy atom. The number of nitrogens with zero attached hydrogens (tertiary/aromatic N) is 5. The summed E-state index contributed by atoms with van der Waals surface area (Å²) in [6, 6.07) is 19.8. The van der Waals surface area contributed by atoms with Gasteiger partial charge in [0.2, 0.25) is 0 Å². The number of hydrogen-bond acceptors (Lipinski definition) is 5. The molecule has 3 aromatic heterocycles. The van der Waals surface area contributed by atoms with Gasteiger partial charge in [0.25, 0.3) is 0 Å². The molecule has 7 heteroatoms. The van der Waals surface area contributed by atoms with Crippen molar-refractivity contribution >= 4 is 54.7 Å². The summed E-state index contributed by atoms with van der Waals surface area (Å²) >= 11 is 1.68. The minimum Gasteiger partial charge on any atom is -0.328 e. The molecule has 0 saturated carbocycles. The molecule has 0 unspecified atom stereocenters. The largest absolute Gasteiger partial charge is 0.328 e. The zero-order valence-corrected chi connectivity index (χ0v) is 18.1. The first kappa shape index (κ1) is 17.4. The van der Waals surface area contributed by atoms with Gasteiger partial charge < -0.3 is 14.2 Å². The van der Waals surface area contributed by atoms with E-state index in [9.17, 15) is 0 Å². The average molecular weight is 561 g/mol. The van der Waals surface area contributed by atoms with Gasteiger partial charge in [-0.2, -0.15) is 23.5 Å². The minimum atomic E-state index is 0. The van der Waals surface area contributed by atoms with Crippen molar-refractivity contribution in [2.75, 3.05) is 16.8 Å². The molecule has 0 bridgehead atoms. The van der Waals surface area contributed by atoms with Crippen LogP contribution in [0.5, 0.6) is 0 Å². The molecule has 0 amide bonds. The van der Waals surface area contributed by atoms with Crippen LogP contribution in [0.1, 0.15) is 0 Å². The SMILES string of the molecule is C=C1N(C)c2cccnc2N1c1[c-]cc2sc3nc4ccccc4n3c2c1.[Ir]. The average Bonchev–Trinajstić information content (AvgIpc) is 3.30. The van der Waals surface area contributed by atoms with Crippen molar-refractivity contribution < 1.29 is 20.1 Å². The molecule has 0 aliphatic carbocycles. The van der Waals surface area contributed by atoms with Crippen LogP contribution in [-0.4, -0.2) is 21.4 Å². The number of aromatic nitrogens is 3. The standard InChI is InChI=1S/C21H14N5S.Ir/c1-13-24(2)17-8-5-11-22-20(17)25(13)14-9-10-19-18(12-14)26-16-7-4-3-6-15(16)23-21(26)27-19;/h3-8,10-12H,1H2,2H3;/q-1;. The maximum Gasteiger partial charge on any atom is 0.181 e. The third-order valence-corrected chi connectivity index (χ3v) is 6.08. The van der Waals surface area contributed by atoms with E-state index in [1.165, 1.54) is 0 Å². The smallest absolute Gasteiger partial charge is 0.181 e. The Morgan fingerprint density at radius 2 is 1.96 bits per heavy atom. The Labute approximate surface area is 178 Å². The van der Waals surface area contributed by atoms with Crippen LogP contribution >= 0.6 is 11.3 Å². The molecule has 4 heterocycles. The van der Waals surface area contributed by atoms with Crippen molar-refractivity contribution in [2.45, 2.75) is 0 Å². The number of anilines is 3. The number of pyridine rings is 1. The van der Waals surface area contributed by atoms with Crippen LogP contribution < -0.4 is 9.80 Å². The maximum atomic E-state index is 4.76. The molecule has 5 nitrogen and oxygen atoms in total. The predicted molar refractivity (Wildman–Crippen MR) is 111 cm³/mol. The number of para-hydroxylation sites is 2. The number of thiazole rings is 1. The Bertz CT molecular complexity index is 1390. The van der Waals surface area contributed by atoms with Crippen LogP contribution in [0.25, 0.3) is 26.2 Å². The molecular formula is C21H14IrN5S-. The molecule has 0 atom stereocenters. The van der Waals surface area contributed by atoms with Crippen LogP contribution in [0.3, 0.4) is 0 Å². The number of fused-ring (bicyclic) bond motifs is 6. The molecule has 1 aliphatic heterocycles. The van der Waals surface area contributed by atoms with E-state index in [1.54, 1.807) is 11.3 Å². The summed E-state index contributed by atoms with van der Waals surface area (Å²) in [6.45, 7) is 4.25. The summed E-state index contributed by atoms with van der Waals surface area (Å²) in [5.41, 5.74) is 5.22. The number of rotatable bonds is 1. The zero-order valence-electron chi connectivity index (χ0n) is 14.9. The molecule has 1 aliphatic rings. The van der Waals surface area contributed by atoms with Gasteiger partial charge in [-0.05, 0) is 29.8 Å². The summed E-state index contributed by atoms with van der Waals surface area (Å²) < 4.78 is 3.38. The van der Waals surface area contributed by atoms with Crippen molar-refractivity contribution in [1.82, 2.24) is 14.4 Å². The normalized spacial score (nSPS) is 13.5. The second-order valence-electron chi connectivity index (χ2n) is 6.55. The summed E-state index contributed by atoms with van der Waals surface area (Å²) in [5.74, 6) is 1.74. The van der Waals surface area contributed by atoms with Gasteiger partial charge in [0.15, 0.2) is 10.8 Å². The van der Waals surface area contributed by atoms with E-state index in [0.717, 1.165) is 49.2 Å². The molecule has 1 radical (unpaired) electrons. The van der Waals surface area contributed by atoms with Gasteiger partial charge >= 0.3 is 0 Å². The molecular weight excluding hydrogens is 547 g/mol. The van der Waals surface area contributed by atoms with Crippen LogP contribution in [0.4, 0.5) is 17.2 Å². The van der Waals surface area contributed by atoms with Gasteiger partial charge in [-0.3, -0.25) is 0 Å². The van der Waals surface area contributed by atoms with Crippen LogP contribution in [0.2, 0.25) is 0 Å². The summed E-state index contributed by atoms with van der Waals surface area (Å²) in [7, 11) is 2.01. The molecule has 0 saturated heterocycles. The van der Waals surface area contributed by atoms with Crippen molar-refractivity contribution in [2.24, 2.45) is 0 Å². The number of imidazole rings is 1. The maximum absolute atomic E-state index is 4.76. The Kier molecular flexibility index (Phi) is 3.81. The van der Waals surface area contributed by atoms with E-state index in [-0.39, 0.29) is 20.1 Å². The fraction of sp³-hybridized carbons (Fsp3) is 0.0476. The van der Waals surface area contributed by atoms with Crippen molar-refractivity contribution in [1.29, 1.82) is 0 Å². The van der Waals surface area contributed by atoms with Gasteiger partial charge in [0, 0.05) is 33.3 Å². The van der Waals surface area contributed by atoms with E-state index in [2.05, 4.69) is 50.0 Å². The van der Waals surface area contributed by atoms with Crippen molar-refractivity contribution in [3.8, 4) is 0 Å². The van der Waals surface area contributed by atoms with Crippen molar-refractivity contribution in [3.05, 3.63) is 73.2 Å². The van der Waals surface area contributed by atoms with Gasteiger partial charge in [0.1, 0.15) is 5.82 Å². The van der Waals surface area contributed by atoms with Crippen LogP contribution in [-0.2, 0) is 20.1 Å². The van der Waals surface area contributed by atoms with Gasteiger partial charge in [0.05, 0.1) is 16.7 Å². The first-order valence-electron chi connectivity index (χ1n) is 8.61. The molecule has 5 aromatic rings. The van der Waals surface area contributed by atoms with E-state index >= 15 is 0 Å². The van der Waals surface area contributed by atoms with Gasteiger partial charge in [-0.15, -0.1) is 6.07 Å². The molecule has 28 heavy (non-hydrogen) atoms. The number of benzene rings is 2. The van der Waals surface area contributed by atoms with E-state index in [4.69, 9.17) is 4.98 Å². The Hall–Kier alpha value is -2.73. The fourth-order valence-corrected chi connectivity index (χ4v) is 4.73. The molecule has 0 spiro atoms. The second kappa shape index (κ2) is 6.14. The quantitative estimate of drug-likeness (QED) is 0.272. The second-order valence-corrected chi connectivity index (χ2v) is 7.55.